The summed E-state index contributed by atoms with van der Waals surface area (Å²) in [5.41, 5.74) is 9.75. The number of ether oxygens (including phenoxy) is 1. The molecular formula is C26H32N4O2. The van der Waals surface area contributed by atoms with Gasteiger partial charge in [0.05, 0.1) is 6.61 Å². The highest BCUT2D eigenvalue weighted by Gasteiger charge is 2.36. The second-order valence-electron chi connectivity index (χ2n) is 8.52. The van der Waals surface area contributed by atoms with E-state index in [1.54, 1.807) is 0 Å². The van der Waals surface area contributed by atoms with Crippen LogP contribution in [0.3, 0.4) is 0 Å². The standard InChI is InChI=1S/C26H32N4O2/c1-3-32-26(31)24(18-8-5-4-6-9-18)30-15-7-10-21(30)13-14-22-16-19-11-12-20(25(27)28)17-23(19)29(22)2/h4-6,8-9,11-12,16-17,21,24H,3,7,10,13-15H2,1-2H3,(H3,27,28). The van der Waals surface area contributed by atoms with Crippen molar-refractivity contribution in [1.29, 1.82) is 5.41 Å². The first-order valence-electron chi connectivity index (χ1n) is 11.4. The Morgan fingerprint density at radius 3 is 2.72 bits per heavy atom. The number of carbonyl (C=O) groups excluding carboxylic acids is 1. The molecule has 0 amide bonds. The van der Waals surface area contributed by atoms with Gasteiger partial charge in [0.25, 0.3) is 0 Å². The summed E-state index contributed by atoms with van der Waals surface area (Å²) in [5.74, 6) is -0.0749. The van der Waals surface area contributed by atoms with Crippen LogP contribution in [0.1, 0.15) is 49.0 Å². The Morgan fingerprint density at radius 2 is 2.00 bits per heavy atom. The van der Waals surface area contributed by atoms with Crippen LogP contribution in [0.4, 0.5) is 0 Å². The summed E-state index contributed by atoms with van der Waals surface area (Å²) in [6.45, 7) is 3.15. The number of esters is 1. The highest BCUT2D eigenvalue weighted by molar-refractivity contribution is 5.98. The molecule has 2 aromatic carbocycles. The maximum absolute atomic E-state index is 12.9. The van der Waals surface area contributed by atoms with Gasteiger partial charge in [0.2, 0.25) is 0 Å². The van der Waals surface area contributed by atoms with E-state index >= 15 is 0 Å². The zero-order chi connectivity index (χ0) is 22.7. The molecule has 6 heteroatoms. The molecule has 0 spiro atoms. The van der Waals surface area contributed by atoms with Crippen LogP contribution in [0.25, 0.3) is 10.9 Å². The molecule has 0 aliphatic carbocycles. The topological polar surface area (TPSA) is 84.3 Å². The summed E-state index contributed by atoms with van der Waals surface area (Å²) in [6.07, 6.45) is 4.07. The molecule has 2 heterocycles. The number of nitrogens with two attached hydrogens (primary N) is 1. The molecule has 1 fully saturated rings. The van der Waals surface area contributed by atoms with Gasteiger partial charge in [-0.25, -0.2) is 4.79 Å². The first-order valence-corrected chi connectivity index (χ1v) is 11.4. The first kappa shape index (κ1) is 22.1. The second-order valence-corrected chi connectivity index (χ2v) is 8.52. The van der Waals surface area contributed by atoms with Crippen LogP contribution in [0, 0.1) is 5.41 Å². The van der Waals surface area contributed by atoms with E-state index in [1.165, 1.54) is 5.69 Å². The summed E-state index contributed by atoms with van der Waals surface area (Å²) >= 11 is 0. The monoisotopic (exact) mass is 432 g/mol. The highest BCUT2D eigenvalue weighted by Crippen LogP contribution is 2.33. The Balaban J connectivity index is 1.54. The van der Waals surface area contributed by atoms with E-state index in [0.717, 1.165) is 54.3 Å². The number of aryl methyl sites for hydroxylation is 2. The van der Waals surface area contributed by atoms with Crippen molar-refractivity contribution in [2.75, 3.05) is 13.2 Å². The predicted octanol–water partition coefficient (Wildman–Crippen LogP) is 4.16. The molecule has 3 N–H and O–H groups in total. The Morgan fingerprint density at radius 1 is 1.22 bits per heavy atom. The first-order chi connectivity index (χ1) is 15.5. The van der Waals surface area contributed by atoms with Crippen LogP contribution in [0.2, 0.25) is 0 Å². The number of nitrogens with zero attached hydrogens (tertiary/aromatic N) is 2. The number of benzene rings is 2. The Labute approximate surface area is 189 Å². The SMILES string of the molecule is CCOC(=O)C(c1ccccc1)N1CCCC1CCc1cc2ccc(C(=N)N)cc2n1C. The molecule has 2 unspecified atom stereocenters. The van der Waals surface area contributed by atoms with Crippen LogP contribution in [-0.2, 0) is 23.0 Å². The largest absolute Gasteiger partial charge is 0.465 e. The summed E-state index contributed by atoms with van der Waals surface area (Å²) < 4.78 is 7.65. The van der Waals surface area contributed by atoms with Crippen molar-refractivity contribution in [2.45, 2.75) is 44.7 Å². The number of amidine groups is 1. The lowest BCUT2D eigenvalue weighted by Crippen LogP contribution is -2.39. The number of hydrogen-bond acceptors (Lipinski definition) is 4. The number of hydrogen-bond donors (Lipinski definition) is 2. The minimum atomic E-state index is -0.353. The predicted molar refractivity (Wildman–Crippen MR) is 128 cm³/mol. The van der Waals surface area contributed by atoms with Gasteiger partial charge in [-0.1, -0.05) is 42.5 Å². The minimum Gasteiger partial charge on any atom is -0.465 e. The fourth-order valence-electron chi connectivity index (χ4n) is 4.94. The normalized spacial score (nSPS) is 17.5. The molecule has 1 aliphatic rings. The van der Waals surface area contributed by atoms with Crippen molar-refractivity contribution < 1.29 is 9.53 Å². The number of likely N-dealkylation sites (tertiary alicyclic amines) is 1. The molecule has 1 saturated heterocycles. The number of rotatable bonds is 8. The summed E-state index contributed by atoms with van der Waals surface area (Å²) in [5, 5.41) is 8.86. The molecule has 1 aromatic heterocycles. The van der Waals surface area contributed by atoms with Crippen LogP contribution in [-0.4, -0.2) is 40.5 Å². The van der Waals surface area contributed by atoms with Crippen LogP contribution < -0.4 is 5.73 Å². The summed E-state index contributed by atoms with van der Waals surface area (Å²) in [4.78, 5) is 15.3. The van der Waals surface area contributed by atoms with Crippen molar-refractivity contribution >= 4 is 22.7 Å². The van der Waals surface area contributed by atoms with Gasteiger partial charge >= 0.3 is 5.97 Å². The molecule has 1 aliphatic heterocycles. The number of nitrogen functional groups attached to an aromatic ring is 1. The molecule has 3 aromatic rings. The lowest BCUT2D eigenvalue weighted by atomic mass is 10.0. The maximum atomic E-state index is 12.9. The van der Waals surface area contributed by atoms with Crippen LogP contribution >= 0.6 is 0 Å². The van der Waals surface area contributed by atoms with E-state index in [0.29, 0.717) is 12.6 Å². The van der Waals surface area contributed by atoms with Gasteiger partial charge in [-0.3, -0.25) is 10.3 Å². The van der Waals surface area contributed by atoms with E-state index in [9.17, 15) is 4.79 Å². The average molecular weight is 433 g/mol. The lowest BCUT2D eigenvalue weighted by molar-refractivity contribution is -0.150. The van der Waals surface area contributed by atoms with Crippen molar-refractivity contribution in [1.82, 2.24) is 9.47 Å². The Bertz CT molecular complexity index is 1110. The molecule has 32 heavy (non-hydrogen) atoms. The van der Waals surface area contributed by atoms with E-state index in [-0.39, 0.29) is 17.8 Å². The third-order valence-electron chi connectivity index (χ3n) is 6.57. The fraction of sp³-hybridized carbons (Fsp3) is 0.385. The van der Waals surface area contributed by atoms with Crippen molar-refractivity contribution in [2.24, 2.45) is 12.8 Å². The molecular weight excluding hydrogens is 400 g/mol. The second kappa shape index (κ2) is 9.57. The molecule has 4 rings (SSSR count). The fourth-order valence-corrected chi connectivity index (χ4v) is 4.94. The quantitative estimate of drug-likeness (QED) is 0.318. The van der Waals surface area contributed by atoms with Crippen LogP contribution in [0.15, 0.2) is 54.6 Å². The van der Waals surface area contributed by atoms with Crippen molar-refractivity contribution in [3.8, 4) is 0 Å². The zero-order valence-corrected chi connectivity index (χ0v) is 18.9. The number of nitrogens with one attached hydrogen (secondary N) is 1. The van der Waals surface area contributed by atoms with Gasteiger partial charge in [0.15, 0.2) is 0 Å². The number of carbonyl (C=O) groups is 1. The molecule has 0 bridgehead atoms. The van der Waals surface area contributed by atoms with Gasteiger partial charge in [-0.05, 0) is 62.2 Å². The maximum Gasteiger partial charge on any atom is 0.328 e. The van der Waals surface area contributed by atoms with Gasteiger partial charge < -0.3 is 15.0 Å². The molecule has 0 radical (unpaired) electrons. The van der Waals surface area contributed by atoms with E-state index in [4.69, 9.17) is 15.9 Å². The zero-order valence-electron chi connectivity index (χ0n) is 18.9. The lowest BCUT2D eigenvalue weighted by Gasteiger charge is -2.32. The number of aromatic nitrogens is 1. The van der Waals surface area contributed by atoms with Gasteiger partial charge in [0, 0.05) is 29.9 Å². The van der Waals surface area contributed by atoms with Crippen molar-refractivity contribution in [3.05, 3.63) is 71.4 Å². The number of fused-ring (bicyclic) bond motifs is 1. The highest BCUT2D eigenvalue weighted by atomic mass is 16.5. The Hall–Kier alpha value is -3.12. The summed E-state index contributed by atoms with van der Waals surface area (Å²) in [6, 6.07) is 18.1. The van der Waals surface area contributed by atoms with Crippen LogP contribution in [0.5, 0.6) is 0 Å². The third-order valence-corrected chi connectivity index (χ3v) is 6.57. The smallest absolute Gasteiger partial charge is 0.328 e. The van der Waals surface area contributed by atoms with E-state index < -0.39 is 0 Å². The molecule has 6 nitrogen and oxygen atoms in total. The Kier molecular flexibility index (Phi) is 6.61. The van der Waals surface area contributed by atoms with Gasteiger partial charge in [0.1, 0.15) is 11.9 Å². The van der Waals surface area contributed by atoms with Crippen molar-refractivity contribution in [3.63, 3.8) is 0 Å². The minimum absolute atomic E-state index is 0.0853. The van der Waals surface area contributed by atoms with E-state index in [1.807, 2.05) is 55.5 Å². The molecule has 0 saturated carbocycles. The van der Waals surface area contributed by atoms with Gasteiger partial charge in [-0.15, -0.1) is 0 Å². The van der Waals surface area contributed by atoms with Gasteiger partial charge in [-0.2, -0.15) is 0 Å². The average Bonchev–Trinajstić information content (AvgIpc) is 3.37. The molecule has 168 valence electrons. The van der Waals surface area contributed by atoms with E-state index in [2.05, 4.69) is 22.6 Å². The molecule has 2 atom stereocenters. The summed E-state index contributed by atoms with van der Waals surface area (Å²) in [7, 11) is 2.07. The third kappa shape index (κ3) is 4.41.